The Morgan fingerprint density at radius 3 is 2.39 bits per heavy atom. The predicted molar refractivity (Wildman–Crippen MR) is 119 cm³/mol. The van der Waals surface area contributed by atoms with Crippen molar-refractivity contribution in [2.75, 3.05) is 11.0 Å². The molecule has 3 aromatic rings. The molecule has 0 saturated carbocycles. The minimum absolute atomic E-state index is 0.296. The molecule has 1 atom stereocenters. The van der Waals surface area contributed by atoms with E-state index in [0.717, 1.165) is 6.26 Å². The highest BCUT2D eigenvalue weighted by Crippen LogP contribution is 2.42. The van der Waals surface area contributed by atoms with Gasteiger partial charge in [-0.2, -0.15) is 0 Å². The van der Waals surface area contributed by atoms with Gasteiger partial charge in [-0.05, 0) is 35.7 Å². The number of halogens is 1. The first-order valence-corrected chi connectivity index (χ1v) is 12.0. The van der Waals surface area contributed by atoms with Gasteiger partial charge in [0.05, 0.1) is 17.5 Å². The van der Waals surface area contributed by atoms with Gasteiger partial charge in [0.1, 0.15) is 5.82 Å². The molecule has 1 unspecified atom stereocenters. The quantitative estimate of drug-likeness (QED) is 0.432. The van der Waals surface area contributed by atoms with Crippen molar-refractivity contribution < 1.29 is 31.9 Å². The SMILES string of the molecule is Cc1ccc(C(c2c[nH]c3c(NS(C)(=O)=O)cccc23)C2C(=O)OC(C)(C)OC2=O)cc1F. The first-order valence-electron chi connectivity index (χ1n) is 10.2. The molecule has 10 heteroatoms. The first-order chi connectivity index (χ1) is 15.4. The lowest BCUT2D eigenvalue weighted by Crippen LogP contribution is -2.48. The van der Waals surface area contributed by atoms with Crippen LogP contribution in [-0.4, -0.2) is 37.4 Å². The van der Waals surface area contributed by atoms with Crippen molar-refractivity contribution in [2.24, 2.45) is 5.92 Å². The Bertz CT molecular complexity index is 1360. The van der Waals surface area contributed by atoms with Crippen molar-refractivity contribution >= 4 is 38.6 Å². The second kappa shape index (κ2) is 7.87. The van der Waals surface area contributed by atoms with E-state index in [9.17, 15) is 22.4 Å². The number of aromatic amines is 1. The van der Waals surface area contributed by atoms with Crippen molar-refractivity contribution in [3.05, 3.63) is 65.1 Å². The van der Waals surface area contributed by atoms with Gasteiger partial charge in [0, 0.05) is 31.3 Å². The Kier molecular flexibility index (Phi) is 5.44. The number of nitrogens with one attached hydrogen (secondary N) is 2. The zero-order valence-electron chi connectivity index (χ0n) is 18.4. The Morgan fingerprint density at radius 2 is 1.79 bits per heavy atom. The number of H-pyrrole nitrogens is 1. The number of anilines is 1. The van der Waals surface area contributed by atoms with Crippen LogP contribution in [0.5, 0.6) is 0 Å². The summed E-state index contributed by atoms with van der Waals surface area (Å²) in [5.74, 6) is -5.82. The molecule has 1 aromatic heterocycles. The van der Waals surface area contributed by atoms with E-state index in [4.69, 9.17) is 9.47 Å². The zero-order valence-corrected chi connectivity index (χ0v) is 19.2. The summed E-state index contributed by atoms with van der Waals surface area (Å²) < 4.78 is 51.2. The Balaban J connectivity index is 1.92. The van der Waals surface area contributed by atoms with Gasteiger partial charge < -0.3 is 14.5 Å². The van der Waals surface area contributed by atoms with E-state index in [1.54, 1.807) is 43.5 Å². The molecule has 2 heterocycles. The van der Waals surface area contributed by atoms with Crippen LogP contribution < -0.4 is 4.72 Å². The van der Waals surface area contributed by atoms with Gasteiger partial charge in [-0.1, -0.05) is 24.3 Å². The molecule has 8 nitrogen and oxygen atoms in total. The summed E-state index contributed by atoms with van der Waals surface area (Å²) in [7, 11) is -3.56. The van der Waals surface area contributed by atoms with Gasteiger partial charge in [0.2, 0.25) is 10.0 Å². The third kappa shape index (κ3) is 4.43. The number of hydrogen-bond acceptors (Lipinski definition) is 6. The summed E-state index contributed by atoms with van der Waals surface area (Å²) in [6.07, 6.45) is 2.60. The highest BCUT2D eigenvalue weighted by atomic mass is 32.2. The maximum Gasteiger partial charge on any atom is 0.324 e. The number of aryl methyl sites for hydroxylation is 1. The maximum atomic E-state index is 14.5. The summed E-state index contributed by atoms with van der Waals surface area (Å²) in [6.45, 7) is 4.51. The second-order valence-electron chi connectivity index (χ2n) is 8.55. The van der Waals surface area contributed by atoms with Crippen LogP contribution in [0.15, 0.2) is 42.6 Å². The minimum atomic E-state index is -3.56. The van der Waals surface area contributed by atoms with Gasteiger partial charge in [-0.15, -0.1) is 0 Å². The molecule has 4 rings (SSSR count). The van der Waals surface area contributed by atoms with E-state index < -0.39 is 45.4 Å². The number of benzene rings is 2. The number of fused-ring (bicyclic) bond motifs is 1. The molecule has 1 aliphatic heterocycles. The Labute approximate surface area is 190 Å². The lowest BCUT2D eigenvalue weighted by atomic mass is 9.79. The number of aromatic nitrogens is 1. The van der Waals surface area contributed by atoms with E-state index in [2.05, 4.69) is 9.71 Å². The van der Waals surface area contributed by atoms with Crippen molar-refractivity contribution in [3.63, 3.8) is 0 Å². The molecule has 2 aromatic carbocycles. The molecule has 1 aliphatic rings. The smallest absolute Gasteiger partial charge is 0.324 e. The Morgan fingerprint density at radius 1 is 1.12 bits per heavy atom. The number of cyclic esters (lactones) is 2. The number of rotatable bonds is 5. The van der Waals surface area contributed by atoms with Gasteiger partial charge >= 0.3 is 11.9 Å². The van der Waals surface area contributed by atoms with Crippen LogP contribution in [0.3, 0.4) is 0 Å². The zero-order chi connectivity index (χ0) is 24.1. The fourth-order valence-corrected chi connectivity index (χ4v) is 4.64. The molecule has 0 spiro atoms. The number of ether oxygens (including phenoxy) is 2. The van der Waals surface area contributed by atoms with Gasteiger partial charge in [-0.25, -0.2) is 12.8 Å². The summed E-state index contributed by atoms with van der Waals surface area (Å²) >= 11 is 0. The predicted octanol–water partition coefficient (Wildman–Crippen LogP) is 3.57. The van der Waals surface area contributed by atoms with E-state index >= 15 is 0 Å². The molecule has 0 amide bonds. The number of hydrogen-bond donors (Lipinski definition) is 2. The van der Waals surface area contributed by atoms with Crippen molar-refractivity contribution in [1.29, 1.82) is 0 Å². The number of esters is 2. The summed E-state index contributed by atoms with van der Waals surface area (Å²) in [6, 6.07) is 9.41. The average molecular weight is 475 g/mol. The topological polar surface area (TPSA) is 115 Å². The van der Waals surface area contributed by atoms with Crippen LogP contribution in [-0.2, 0) is 29.1 Å². The molecule has 1 fully saturated rings. The van der Waals surface area contributed by atoms with Crippen LogP contribution in [0.4, 0.5) is 10.1 Å². The van der Waals surface area contributed by atoms with E-state index in [0.29, 0.717) is 33.3 Å². The van der Waals surface area contributed by atoms with Gasteiger partial charge in [0.25, 0.3) is 5.79 Å². The van der Waals surface area contributed by atoms with Gasteiger partial charge in [-0.3, -0.25) is 14.3 Å². The first kappa shape index (κ1) is 22.8. The summed E-state index contributed by atoms with van der Waals surface area (Å²) in [4.78, 5) is 28.9. The molecule has 2 N–H and O–H groups in total. The number of para-hydroxylation sites is 1. The molecule has 0 radical (unpaired) electrons. The van der Waals surface area contributed by atoms with E-state index in [1.807, 2.05) is 0 Å². The largest absolute Gasteiger partial charge is 0.422 e. The Hall–Kier alpha value is -3.40. The van der Waals surface area contributed by atoms with E-state index in [-0.39, 0.29) is 0 Å². The lowest BCUT2D eigenvalue weighted by Gasteiger charge is -2.36. The highest BCUT2D eigenvalue weighted by Gasteiger charge is 2.48. The fourth-order valence-electron chi connectivity index (χ4n) is 4.07. The standard InChI is InChI=1S/C23H23FN2O6S/c1-12-8-9-13(10-16(12)24)18(19-21(27)31-23(2,3)32-22(19)28)15-11-25-20-14(15)6-5-7-17(20)26-33(4,29)30/h5-11,18-19,25-26H,1-4H3. The van der Waals surface area contributed by atoms with E-state index in [1.165, 1.54) is 19.9 Å². The monoisotopic (exact) mass is 474 g/mol. The molecule has 33 heavy (non-hydrogen) atoms. The van der Waals surface area contributed by atoms with Crippen LogP contribution in [0.1, 0.15) is 36.5 Å². The lowest BCUT2D eigenvalue weighted by molar-refractivity contribution is -0.240. The third-order valence-electron chi connectivity index (χ3n) is 5.47. The maximum absolute atomic E-state index is 14.5. The number of carbonyl (C=O) groups excluding carboxylic acids is 2. The molecule has 0 bridgehead atoms. The molecular weight excluding hydrogens is 451 g/mol. The summed E-state index contributed by atoms with van der Waals surface area (Å²) in [5, 5.41) is 0.556. The normalized spacial score (nSPS) is 17.5. The number of carbonyl (C=O) groups is 2. The molecule has 174 valence electrons. The minimum Gasteiger partial charge on any atom is -0.422 e. The van der Waals surface area contributed by atoms with Crippen LogP contribution in [0.25, 0.3) is 10.9 Å². The van der Waals surface area contributed by atoms with Crippen molar-refractivity contribution in [3.8, 4) is 0 Å². The fraction of sp³-hybridized carbons (Fsp3) is 0.304. The van der Waals surface area contributed by atoms with Gasteiger partial charge in [0.15, 0.2) is 5.92 Å². The molecule has 1 saturated heterocycles. The van der Waals surface area contributed by atoms with Crippen molar-refractivity contribution in [2.45, 2.75) is 32.5 Å². The van der Waals surface area contributed by atoms with Crippen molar-refractivity contribution in [1.82, 2.24) is 4.98 Å². The number of sulfonamides is 1. The van der Waals surface area contributed by atoms with Crippen LogP contribution >= 0.6 is 0 Å². The second-order valence-corrected chi connectivity index (χ2v) is 10.3. The summed E-state index contributed by atoms with van der Waals surface area (Å²) in [5.41, 5.74) is 2.02. The molecule has 0 aliphatic carbocycles. The van der Waals surface area contributed by atoms with Crippen LogP contribution in [0, 0.1) is 18.7 Å². The van der Waals surface area contributed by atoms with Crippen LogP contribution in [0.2, 0.25) is 0 Å². The third-order valence-corrected chi connectivity index (χ3v) is 6.06. The average Bonchev–Trinajstić information content (AvgIpc) is 3.10. The highest BCUT2D eigenvalue weighted by molar-refractivity contribution is 7.92. The molecular formula is C23H23FN2O6S.